The molecule has 0 heterocycles. The van der Waals surface area contributed by atoms with E-state index in [1.165, 1.54) is 0 Å². The maximum atomic E-state index is 14.1. The average molecular weight is 469 g/mol. The second-order valence-electron chi connectivity index (χ2n) is 10.4. The molecule has 6 rings (SSSR count). The molecule has 2 heteroatoms. The van der Waals surface area contributed by atoms with Crippen LogP contribution < -0.4 is 0 Å². The van der Waals surface area contributed by atoms with Crippen LogP contribution >= 0.6 is 0 Å². The van der Waals surface area contributed by atoms with Gasteiger partial charge in [0.15, 0.2) is 11.6 Å². The number of carbonyl (C=O) groups is 2. The average Bonchev–Trinajstić information content (AvgIpc) is 3.29. The molecule has 2 atom stereocenters. The number of Topliss-reactive ketones (excluding diaryl/α,β-unsaturated/α-hetero) is 2. The summed E-state index contributed by atoms with van der Waals surface area (Å²) in [6, 6.07) is 28.6. The highest BCUT2D eigenvalue weighted by Crippen LogP contribution is 2.51. The van der Waals surface area contributed by atoms with Crippen LogP contribution in [0, 0.1) is 27.7 Å². The van der Waals surface area contributed by atoms with E-state index in [2.05, 4.69) is 64.1 Å². The van der Waals surface area contributed by atoms with E-state index in [0.717, 1.165) is 44.5 Å². The van der Waals surface area contributed by atoms with Gasteiger partial charge < -0.3 is 0 Å². The summed E-state index contributed by atoms with van der Waals surface area (Å²) in [6.45, 7) is 8.34. The number of fused-ring (bicyclic) bond motifs is 2. The molecule has 0 fully saturated rings. The van der Waals surface area contributed by atoms with Gasteiger partial charge in [0.25, 0.3) is 0 Å². The lowest BCUT2D eigenvalue weighted by Gasteiger charge is -2.21. The number of carbonyl (C=O) groups excluding carboxylic acids is 2. The molecule has 36 heavy (non-hydrogen) atoms. The molecule has 0 bridgehead atoms. The van der Waals surface area contributed by atoms with Crippen molar-refractivity contribution in [1.82, 2.24) is 0 Å². The molecule has 176 valence electrons. The van der Waals surface area contributed by atoms with Crippen molar-refractivity contribution in [2.75, 3.05) is 0 Å². The molecule has 0 spiro atoms. The minimum Gasteiger partial charge on any atom is -0.289 e. The van der Waals surface area contributed by atoms with Crippen molar-refractivity contribution in [3.05, 3.63) is 152 Å². The van der Waals surface area contributed by atoms with Crippen molar-refractivity contribution in [3.63, 3.8) is 0 Å². The maximum absolute atomic E-state index is 14.1. The van der Waals surface area contributed by atoms with Gasteiger partial charge in [0.05, 0.1) is 0 Å². The smallest absolute Gasteiger partial charge is 0.190 e. The molecular formula is C34H28O2. The molecule has 0 aliphatic heterocycles. The van der Waals surface area contributed by atoms with Gasteiger partial charge in [0.1, 0.15) is 0 Å². The lowest BCUT2D eigenvalue weighted by atomic mass is 9.80. The monoisotopic (exact) mass is 468 g/mol. The summed E-state index contributed by atoms with van der Waals surface area (Å²) < 4.78 is 0. The molecule has 2 aliphatic rings. The van der Waals surface area contributed by atoms with E-state index in [-0.39, 0.29) is 23.4 Å². The Morgan fingerprint density at radius 3 is 1.17 bits per heavy atom. The third kappa shape index (κ3) is 3.40. The first-order valence-corrected chi connectivity index (χ1v) is 12.5. The van der Waals surface area contributed by atoms with Crippen LogP contribution in [0.1, 0.15) is 77.1 Å². The third-order valence-corrected chi connectivity index (χ3v) is 7.54. The molecule has 0 saturated heterocycles. The zero-order chi connectivity index (χ0) is 25.1. The zero-order valence-corrected chi connectivity index (χ0v) is 21.1. The first-order chi connectivity index (χ1) is 17.3. The van der Waals surface area contributed by atoms with E-state index >= 15 is 0 Å². The molecule has 0 N–H and O–H groups in total. The summed E-state index contributed by atoms with van der Waals surface area (Å²) in [7, 11) is 0. The zero-order valence-electron chi connectivity index (χ0n) is 21.1. The Bertz CT molecular complexity index is 1460. The molecule has 0 aromatic heterocycles. The number of ketones is 2. The van der Waals surface area contributed by atoms with E-state index < -0.39 is 0 Å². The topological polar surface area (TPSA) is 34.1 Å². The van der Waals surface area contributed by atoms with E-state index in [0.29, 0.717) is 22.3 Å². The lowest BCUT2D eigenvalue weighted by Crippen LogP contribution is -2.14. The second kappa shape index (κ2) is 8.27. The Kier molecular flexibility index (Phi) is 5.15. The van der Waals surface area contributed by atoms with E-state index in [1.807, 2.05) is 48.5 Å². The summed E-state index contributed by atoms with van der Waals surface area (Å²) in [5, 5.41) is 0. The van der Waals surface area contributed by atoms with Gasteiger partial charge in [-0.1, -0.05) is 107 Å². The van der Waals surface area contributed by atoms with Gasteiger partial charge in [-0.05, 0) is 49.9 Å². The lowest BCUT2D eigenvalue weighted by molar-refractivity contribution is 0.100. The Morgan fingerprint density at radius 2 is 0.806 bits per heavy atom. The first-order valence-electron chi connectivity index (χ1n) is 12.5. The van der Waals surface area contributed by atoms with Gasteiger partial charge in [-0.25, -0.2) is 0 Å². The summed E-state index contributed by atoms with van der Waals surface area (Å²) in [6.07, 6.45) is 0. The Labute approximate surface area is 212 Å². The number of aryl methyl sites for hydroxylation is 4. The number of benzene rings is 4. The Balaban J connectivity index is 1.70. The van der Waals surface area contributed by atoms with Crippen molar-refractivity contribution >= 4 is 11.6 Å². The molecule has 4 aromatic rings. The minimum atomic E-state index is -0.269. The molecular weight excluding hydrogens is 440 g/mol. The molecule has 0 saturated carbocycles. The van der Waals surface area contributed by atoms with Crippen molar-refractivity contribution in [2.24, 2.45) is 0 Å². The second-order valence-corrected chi connectivity index (χ2v) is 10.4. The van der Waals surface area contributed by atoms with Crippen LogP contribution in [0.5, 0.6) is 0 Å². The van der Waals surface area contributed by atoms with Gasteiger partial charge in [-0.2, -0.15) is 0 Å². The predicted molar refractivity (Wildman–Crippen MR) is 144 cm³/mol. The molecule has 2 aliphatic carbocycles. The predicted octanol–water partition coefficient (Wildman–Crippen LogP) is 7.57. The number of rotatable bonds is 2. The molecule has 4 aromatic carbocycles. The Morgan fingerprint density at radius 1 is 0.472 bits per heavy atom. The van der Waals surface area contributed by atoms with Crippen LogP contribution in [0.25, 0.3) is 0 Å². The van der Waals surface area contributed by atoms with Crippen LogP contribution in [-0.4, -0.2) is 11.6 Å². The van der Waals surface area contributed by atoms with Crippen molar-refractivity contribution < 1.29 is 9.59 Å². The maximum Gasteiger partial charge on any atom is 0.190 e. The van der Waals surface area contributed by atoms with Crippen LogP contribution in [0.2, 0.25) is 0 Å². The summed E-state index contributed by atoms with van der Waals surface area (Å²) in [4.78, 5) is 28.3. The summed E-state index contributed by atoms with van der Waals surface area (Å²) in [5.41, 5.74) is 11.4. The summed E-state index contributed by atoms with van der Waals surface area (Å²) >= 11 is 0. The highest BCUT2D eigenvalue weighted by molar-refractivity contribution is 6.24. The largest absolute Gasteiger partial charge is 0.289 e. The fourth-order valence-corrected chi connectivity index (χ4v) is 6.38. The summed E-state index contributed by atoms with van der Waals surface area (Å²) in [5.74, 6) is -0.594. The van der Waals surface area contributed by atoms with Crippen LogP contribution in [-0.2, 0) is 0 Å². The van der Waals surface area contributed by atoms with Gasteiger partial charge >= 0.3 is 0 Å². The molecule has 0 unspecified atom stereocenters. The number of hydrogen-bond acceptors (Lipinski definition) is 2. The fraction of sp³-hybridized carbons (Fsp3) is 0.176. The van der Waals surface area contributed by atoms with Gasteiger partial charge in [-0.15, -0.1) is 0 Å². The van der Waals surface area contributed by atoms with Gasteiger partial charge in [-0.3, -0.25) is 9.59 Å². The molecule has 0 amide bonds. The van der Waals surface area contributed by atoms with Crippen LogP contribution in [0.3, 0.4) is 0 Å². The first kappa shape index (κ1) is 22.4. The fourth-order valence-electron chi connectivity index (χ4n) is 6.38. The van der Waals surface area contributed by atoms with Crippen molar-refractivity contribution in [1.29, 1.82) is 0 Å². The van der Waals surface area contributed by atoms with Crippen LogP contribution in [0.15, 0.2) is 96.1 Å². The SMILES string of the molecule is Cc1cc(C)cc([C@H]2/C(=C3\C(=O)c4ccccc4[C@@H]3c3cc(C)cc(C)c3)C(=O)c3ccccc32)c1. The number of allylic oxidation sites excluding steroid dienone is 2. The van der Waals surface area contributed by atoms with Gasteiger partial charge in [0, 0.05) is 34.1 Å². The van der Waals surface area contributed by atoms with Gasteiger partial charge in [0.2, 0.25) is 0 Å². The normalized spacial score (nSPS) is 20.6. The Hall–Kier alpha value is -4.04. The standard InChI is InChI=1S/C34H28O2/c1-19-13-20(2)16-23(15-19)29-25-9-5-7-11-27(25)33(35)31(29)32-30(24-17-21(3)14-22(4)18-24)26-10-6-8-12-28(26)34(32)36/h5-18,29-30H,1-4H3/b32-31+/t29-,30+. The molecule has 2 nitrogen and oxygen atoms in total. The third-order valence-electron chi connectivity index (χ3n) is 7.54. The quantitative estimate of drug-likeness (QED) is 0.284. The van der Waals surface area contributed by atoms with E-state index in [9.17, 15) is 9.59 Å². The highest BCUT2D eigenvalue weighted by atomic mass is 16.1. The van der Waals surface area contributed by atoms with Crippen molar-refractivity contribution in [3.8, 4) is 0 Å². The minimum absolute atomic E-state index is 0.0275. The van der Waals surface area contributed by atoms with E-state index in [4.69, 9.17) is 0 Å². The highest BCUT2D eigenvalue weighted by Gasteiger charge is 2.45. The van der Waals surface area contributed by atoms with E-state index in [1.54, 1.807) is 0 Å². The van der Waals surface area contributed by atoms with Crippen LogP contribution in [0.4, 0.5) is 0 Å². The molecule has 0 radical (unpaired) electrons. The van der Waals surface area contributed by atoms with Crippen molar-refractivity contribution in [2.45, 2.75) is 39.5 Å². The number of hydrogen-bond donors (Lipinski definition) is 0.